The van der Waals surface area contributed by atoms with Crippen LogP contribution in [0.3, 0.4) is 0 Å². The first kappa shape index (κ1) is 15.8. The molecule has 0 bridgehead atoms. The summed E-state index contributed by atoms with van der Waals surface area (Å²) in [5, 5.41) is 18.8. The van der Waals surface area contributed by atoms with Crippen molar-refractivity contribution < 1.29 is 24.5 Å². The molecule has 0 amide bonds. The molecule has 17 heavy (non-hydrogen) atoms. The van der Waals surface area contributed by atoms with Crippen LogP contribution in [0, 0.1) is 11.8 Å². The molecule has 0 spiro atoms. The third-order valence-corrected chi connectivity index (χ3v) is 2.85. The number of esters is 1. The molecule has 0 saturated heterocycles. The lowest BCUT2D eigenvalue weighted by atomic mass is 9.88. The Morgan fingerprint density at radius 2 is 1.88 bits per heavy atom. The second-order valence-electron chi connectivity index (χ2n) is 4.18. The van der Waals surface area contributed by atoms with Gasteiger partial charge in [0.2, 0.25) is 0 Å². The zero-order valence-electron chi connectivity index (χ0n) is 10.6. The molecule has 0 heterocycles. The maximum Gasteiger partial charge on any atom is 0.378 e. The molecule has 0 aromatic carbocycles. The first-order chi connectivity index (χ1) is 7.84. The number of hydrogen-bond donors (Lipinski definition) is 2. The zero-order chi connectivity index (χ0) is 13.6. The van der Waals surface area contributed by atoms with E-state index in [-0.39, 0.29) is 18.4 Å². The van der Waals surface area contributed by atoms with Crippen molar-refractivity contribution in [2.24, 2.45) is 11.8 Å². The van der Waals surface area contributed by atoms with Crippen LogP contribution in [-0.2, 0) is 14.3 Å². The molecule has 98 valence electrons. The van der Waals surface area contributed by atoms with Crippen molar-refractivity contribution in [3.05, 3.63) is 11.6 Å². The van der Waals surface area contributed by atoms with E-state index in [1.165, 1.54) is 0 Å². The quantitative estimate of drug-likeness (QED) is 0.399. The van der Waals surface area contributed by atoms with E-state index >= 15 is 0 Å². The van der Waals surface area contributed by atoms with Crippen molar-refractivity contribution in [2.45, 2.75) is 26.9 Å². The molecular formula is C12H20O5. The SMILES string of the molecule is COC(=O)C(=O)/C=C(\C)[C@H](C)[C@H](O)[C@H](C)CO. The van der Waals surface area contributed by atoms with E-state index in [9.17, 15) is 14.7 Å². The van der Waals surface area contributed by atoms with Gasteiger partial charge in [0.05, 0.1) is 13.2 Å². The van der Waals surface area contributed by atoms with Gasteiger partial charge in [-0.05, 0) is 13.0 Å². The highest BCUT2D eigenvalue weighted by Crippen LogP contribution is 2.20. The summed E-state index contributed by atoms with van der Waals surface area (Å²) >= 11 is 0. The Kier molecular flexibility index (Phi) is 6.68. The second-order valence-corrected chi connectivity index (χ2v) is 4.18. The molecule has 0 aliphatic rings. The van der Waals surface area contributed by atoms with Gasteiger partial charge in [-0.2, -0.15) is 0 Å². The van der Waals surface area contributed by atoms with Crippen molar-refractivity contribution in [3.8, 4) is 0 Å². The van der Waals surface area contributed by atoms with Gasteiger partial charge >= 0.3 is 5.97 Å². The molecule has 0 radical (unpaired) electrons. The van der Waals surface area contributed by atoms with Crippen molar-refractivity contribution >= 4 is 11.8 Å². The van der Waals surface area contributed by atoms with Crippen LogP contribution in [0.5, 0.6) is 0 Å². The number of rotatable bonds is 6. The fourth-order valence-electron chi connectivity index (χ4n) is 1.37. The van der Waals surface area contributed by atoms with Crippen LogP contribution < -0.4 is 0 Å². The molecule has 0 rings (SSSR count). The van der Waals surface area contributed by atoms with Crippen molar-refractivity contribution in [1.29, 1.82) is 0 Å². The van der Waals surface area contributed by atoms with Crippen molar-refractivity contribution in [1.82, 2.24) is 0 Å². The molecule has 0 saturated carbocycles. The fourth-order valence-corrected chi connectivity index (χ4v) is 1.37. The van der Waals surface area contributed by atoms with E-state index < -0.39 is 17.9 Å². The standard InChI is InChI=1S/C12H20O5/c1-7(5-10(14)12(16)17-4)9(3)11(15)8(2)6-13/h5,8-9,11,13,15H,6H2,1-4H3/b7-5+/t8-,9+,11-/m1/s1. The lowest BCUT2D eigenvalue weighted by Crippen LogP contribution is -2.29. The highest BCUT2D eigenvalue weighted by molar-refractivity contribution is 6.38. The number of ether oxygens (including phenoxy) is 1. The second kappa shape index (κ2) is 7.19. The minimum atomic E-state index is -0.929. The normalized spacial score (nSPS) is 17.2. The summed E-state index contributed by atoms with van der Waals surface area (Å²) in [6, 6.07) is 0. The van der Waals surface area contributed by atoms with Gasteiger partial charge in [0.25, 0.3) is 5.78 Å². The molecule has 0 aromatic rings. The molecule has 3 atom stereocenters. The lowest BCUT2D eigenvalue weighted by molar-refractivity contribution is -0.149. The maximum atomic E-state index is 11.3. The van der Waals surface area contributed by atoms with Crippen LogP contribution >= 0.6 is 0 Å². The van der Waals surface area contributed by atoms with E-state index in [2.05, 4.69) is 4.74 Å². The Hall–Kier alpha value is -1.20. The minimum Gasteiger partial charge on any atom is -0.463 e. The average molecular weight is 244 g/mol. The Bertz CT molecular complexity index is 308. The Morgan fingerprint density at radius 3 is 2.29 bits per heavy atom. The number of aliphatic hydroxyl groups excluding tert-OH is 2. The van der Waals surface area contributed by atoms with Gasteiger partial charge in [-0.25, -0.2) is 4.79 Å². The number of hydrogen-bond acceptors (Lipinski definition) is 5. The summed E-state index contributed by atoms with van der Waals surface area (Å²) < 4.78 is 4.29. The van der Waals surface area contributed by atoms with Crippen molar-refractivity contribution in [2.75, 3.05) is 13.7 Å². The summed E-state index contributed by atoms with van der Waals surface area (Å²) in [6.07, 6.45) is 0.394. The van der Waals surface area contributed by atoms with Gasteiger partial charge < -0.3 is 14.9 Å². The van der Waals surface area contributed by atoms with Gasteiger partial charge in [0, 0.05) is 18.4 Å². The van der Waals surface area contributed by atoms with E-state index in [0.717, 1.165) is 13.2 Å². The summed E-state index contributed by atoms with van der Waals surface area (Å²) in [5.41, 5.74) is 0.577. The highest BCUT2D eigenvalue weighted by Gasteiger charge is 2.23. The molecule has 0 aromatic heterocycles. The van der Waals surface area contributed by atoms with Crippen LogP contribution in [0.15, 0.2) is 11.6 Å². The maximum absolute atomic E-state index is 11.3. The number of methoxy groups -OCH3 is 1. The van der Waals surface area contributed by atoms with Gasteiger partial charge in [0.1, 0.15) is 0 Å². The third kappa shape index (κ3) is 4.66. The van der Waals surface area contributed by atoms with Crippen LogP contribution in [-0.4, -0.2) is 41.8 Å². The monoisotopic (exact) mass is 244 g/mol. The zero-order valence-corrected chi connectivity index (χ0v) is 10.6. The summed E-state index contributed by atoms with van der Waals surface area (Å²) in [4.78, 5) is 22.2. The highest BCUT2D eigenvalue weighted by atomic mass is 16.5. The van der Waals surface area contributed by atoms with Crippen LogP contribution in [0.1, 0.15) is 20.8 Å². The summed E-state index contributed by atoms with van der Waals surface area (Å²) in [6.45, 7) is 4.95. The Morgan fingerprint density at radius 1 is 1.35 bits per heavy atom. The minimum absolute atomic E-state index is 0.135. The smallest absolute Gasteiger partial charge is 0.378 e. The molecule has 5 nitrogen and oxygen atoms in total. The molecule has 0 unspecified atom stereocenters. The van der Waals surface area contributed by atoms with Gasteiger partial charge in [0.15, 0.2) is 0 Å². The molecular weight excluding hydrogens is 224 g/mol. The lowest BCUT2D eigenvalue weighted by Gasteiger charge is -2.24. The Balaban J connectivity index is 4.69. The van der Waals surface area contributed by atoms with Gasteiger partial charge in [-0.1, -0.05) is 19.4 Å². The third-order valence-electron chi connectivity index (χ3n) is 2.85. The fraction of sp³-hybridized carbons (Fsp3) is 0.667. The first-order valence-corrected chi connectivity index (χ1v) is 5.44. The molecule has 2 N–H and O–H groups in total. The molecule has 0 fully saturated rings. The van der Waals surface area contributed by atoms with Crippen molar-refractivity contribution in [3.63, 3.8) is 0 Å². The predicted molar refractivity (Wildman–Crippen MR) is 62.2 cm³/mol. The van der Waals surface area contributed by atoms with Crippen LogP contribution in [0.25, 0.3) is 0 Å². The summed E-state index contributed by atoms with van der Waals surface area (Å²) in [5.74, 6) is -2.28. The Labute approximate surface area is 101 Å². The van der Waals surface area contributed by atoms with Crippen LogP contribution in [0.4, 0.5) is 0 Å². The number of carbonyl (C=O) groups excluding carboxylic acids is 2. The average Bonchev–Trinajstić information content (AvgIpc) is 2.34. The largest absolute Gasteiger partial charge is 0.463 e. The van der Waals surface area contributed by atoms with E-state index in [1.54, 1.807) is 20.8 Å². The first-order valence-electron chi connectivity index (χ1n) is 5.44. The summed E-state index contributed by atoms with van der Waals surface area (Å²) in [7, 11) is 1.13. The van der Waals surface area contributed by atoms with Gasteiger partial charge in [-0.3, -0.25) is 4.79 Å². The van der Waals surface area contributed by atoms with Gasteiger partial charge in [-0.15, -0.1) is 0 Å². The number of ketones is 1. The molecule has 0 aliphatic heterocycles. The van der Waals surface area contributed by atoms with E-state index in [0.29, 0.717) is 5.57 Å². The van der Waals surface area contributed by atoms with E-state index in [1.807, 2.05) is 0 Å². The molecule has 5 heteroatoms. The number of carbonyl (C=O) groups is 2. The topological polar surface area (TPSA) is 83.8 Å². The van der Waals surface area contributed by atoms with Crippen LogP contribution in [0.2, 0.25) is 0 Å². The molecule has 0 aliphatic carbocycles. The number of aliphatic hydroxyl groups is 2. The predicted octanol–water partition coefficient (Wildman–Crippen LogP) is 0.300. The van der Waals surface area contributed by atoms with E-state index in [4.69, 9.17) is 5.11 Å².